The molecule has 1 fully saturated rings. The van der Waals surface area contributed by atoms with Crippen LogP contribution in [0.5, 0.6) is 0 Å². The molecule has 1 saturated heterocycles. The third kappa shape index (κ3) is 8.39. The summed E-state index contributed by atoms with van der Waals surface area (Å²) in [6.07, 6.45) is 0.0478. The Labute approximate surface area is 217 Å². The van der Waals surface area contributed by atoms with Gasteiger partial charge in [-0.2, -0.15) is 0 Å². The molecule has 0 amide bonds. The fourth-order valence-corrected chi connectivity index (χ4v) is 5.01. The van der Waals surface area contributed by atoms with Gasteiger partial charge in [0.15, 0.2) is 6.10 Å². The second-order valence-electron chi connectivity index (χ2n) is 9.18. The lowest BCUT2D eigenvalue weighted by Gasteiger charge is -2.49. The molecule has 8 nitrogen and oxygen atoms in total. The second kappa shape index (κ2) is 14.2. The SMILES string of the molecule is [B]P(C)O[C@H](C[C@@H]1C/C(=C\C(=O)OC)[C@H](OC(C)=O)[C@](OC)(C(C)C)O1)[C@@H](C)OCc1ccccc1. The molecule has 1 aliphatic rings. The molecule has 0 spiro atoms. The number of carbonyl (C=O) groups is 2. The van der Waals surface area contributed by atoms with E-state index in [2.05, 4.69) is 0 Å². The first kappa shape index (κ1) is 30.5. The van der Waals surface area contributed by atoms with Crippen LogP contribution in [0.3, 0.4) is 0 Å². The van der Waals surface area contributed by atoms with Crippen LogP contribution in [0.25, 0.3) is 0 Å². The van der Waals surface area contributed by atoms with Crippen molar-refractivity contribution in [3.63, 3.8) is 0 Å². The zero-order valence-corrected chi connectivity index (χ0v) is 23.2. The Hall–Kier alpha value is -1.77. The monoisotopic (exact) mass is 520 g/mol. The molecule has 1 unspecified atom stereocenters. The van der Waals surface area contributed by atoms with Gasteiger partial charge in [0.25, 0.3) is 0 Å². The van der Waals surface area contributed by atoms with Crippen LogP contribution in [-0.4, -0.2) is 70.6 Å². The molecule has 1 aliphatic heterocycles. The van der Waals surface area contributed by atoms with Gasteiger partial charge >= 0.3 is 11.9 Å². The quantitative estimate of drug-likeness (QED) is 0.175. The summed E-state index contributed by atoms with van der Waals surface area (Å²) in [5.41, 5.74) is 1.60. The smallest absolute Gasteiger partial charge is 0.330 e. The van der Waals surface area contributed by atoms with Crippen molar-refractivity contribution in [3.05, 3.63) is 47.5 Å². The molecule has 0 aromatic heterocycles. The Morgan fingerprint density at radius 3 is 2.42 bits per heavy atom. The van der Waals surface area contributed by atoms with Gasteiger partial charge in [-0.15, -0.1) is 0 Å². The summed E-state index contributed by atoms with van der Waals surface area (Å²) in [7, 11) is 7.67. The molecule has 0 bridgehead atoms. The van der Waals surface area contributed by atoms with Gasteiger partial charge in [0.1, 0.15) is 7.57 Å². The average Bonchev–Trinajstić information content (AvgIpc) is 2.83. The topological polar surface area (TPSA) is 89.5 Å². The van der Waals surface area contributed by atoms with Crippen LogP contribution in [0.2, 0.25) is 0 Å². The van der Waals surface area contributed by atoms with E-state index in [1.807, 2.05) is 57.8 Å². The predicted molar refractivity (Wildman–Crippen MR) is 139 cm³/mol. The van der Waals surface area contributed by atoms with E-state index in [0.29, 0.717) is 25.0 Å². The lowest BCUT2D eigenvalue weighted by molar-refractivity contribution is -0.322. The molecule has 198 valence electrons. The van der Waals surface area contributed by atoms with Crippen LogP contribution >= 0.6 is 8.03 Å². The van der Waals surface area contributed by atoms with E-state index in [1.54, 1.807) is 0 Å². The number of ether oxygens (including phenoxy) is 5. The van der Waals surface area contributed by atoms with Gasteiger partial charge in [-0.3, -0.25) is 4.79 Å². The van der Waals surface area contributed by atoms with Crippen molar-refractivity contribution in [1.29, 1.82) is 0 Å². The van der Waals surface area contributed by atoms with Gasteiger partial charge in [-0.1, -0.05) is 44.2 Å². The molecule has 1 aromatic rings. The first-order valence-electron chi connectivity index (χ1n) is 12.0. The summed E-state index contributed by atoms with van der Waals surface area (Å²) in [5, 5.41) is 0. The Morgan fingerprint density at radius 1 is 1.22 bits per heavy atom. The highest BCUT2D eigenvalue weighted by Crippen LogP contribution is 2.43. The predicted octanol–water partition coefficient (Wildman–Crippen LogP) is 4.30. The molecule has 10 heteroatoms. The van der Waals surface area contributed by atoms with E-state index in [1.165, 1.54) is 27.2 Å². The van der Waals surface area contributed by atoms with E-state index >= 15 is 0 Å². The van der Waals surface area contributed by atoms with Crippen LogP contribution in [0.15, 0.2) is 42.0 Å². The fraction of sp³-hybridized carbons (Fsp3) is 0.615. The fourth-order valence-electron chi connectivity index (χ4n) is 4.32. The van der Waals surface area contributed by atoms with Gasteiger partial charge in [-0.05, 0) is 39.2 Å². The highest BCUT2D eigenvalue weighted by molar-refractivity contribution is 7.77. The third-order valence-electron chi connectivity index (χ3n) is 6.10. The number of esters is 2. The molecule has 2 radical (unpaired) electrons. The molecule has 36 heavy (non-hydrogen) atoms. The highest BCUT2D eigenvalue weighted by atomic mass is 31.1. The van der Waals surface area contributed by atoms with Gasteiger partial charge in [0, 0.05) is 32.4 Å². The Bertz CT molecular complexity index is 878. The van der Waals surface area contributed by atoms with Crippen LogP contribution in [0.4, 0.5) is 0 Å². The number of hydrogen-bond acceptors (Lipinski definition) is 8. The maximum Gasteiger partial charge on any atom is 0.330 e. The van der Waals surface area contributed by atoms with E-state index in [0.717, 1.165) is 5.56 Å². The molecular formula is C26H38BO8P. The standard InChI is InChI=1S/C26H38BO8P/c1-17(2)26(31-6)25(33-19(4)28)21(14-24(29)30-5)13-22(34-26)15-23(35-36(7)27)18(3)32-16-20-11-9-8-10-12-20/h8-12,14,17-18,22-23,25H,13,15-16H2,1-7H3/b21-14+/t18-,22+,23-,25+,26+,36?/m1/s1. The maximum atomic E-state index is 12.2. The summed E-state index contributed by atoms with van der Waals surface area (Å²) in [6, 6.07) is 9.87. The Balaban J connectivity index is 2.33. The minimum absolute atomic E-state index is 0.223. The first-order valence-corrected chi connectivity index (χ1v) is 13.8. The maximum absolute atomic E-state index is 12.2. The van der Waals surface area contributed by atoms with Crippen molar-refractivity contribution >= 4 is 27.5 Å². The Morgan fingerprint density at radius 2 is 1.89 bits per heavy atom. The van der Waals surface area contributed by atoms with Crippen molar-refractivity contribution < 1.29 is 37.8 Å². The molecule has 2 rings (SSSR count). The van der Waals surface area contributed by atoms with Gasteiger partial charge < -0.3 is 28.2 Å². The van der Waals surface area contributed by atoms with E-state index in [9.17, 15) is 9.59 Å². The minimum Gasteiger partial charge on any atom is -0.466 e. The molecule has 0 N–H and O–H groups in total. The highest BCUT2D eigenvalue weighted by Gasteiger charge is 2.53. The van der Waals surface area contributed by atoms with Gasteiger partial charge in [0.2, 0.25) is 5.79 Å². The van der Waals surface area contributed by atoms with Crippen LogP contribution in [-0.2, 0) is 44.4 Å². The zero-order valence-electron chi connectivity index (χ0n) is 22.3. The van der Waals surface area contributed by atoms with Crippen molar-refractivity contribution in [2.45, 2.75) is 77.3 Å². The number of rotatable bonds is 12. The first-order chi connectivity index (χ1) is 17.0. The van der Waals surface area contributed by atoms with Gasteiger partial charge in [0.05, 0.1) is 32.0 Å². The van der Waals surface area contributed by atoms with Crippen molar-refractivity contribution in [2.24, 2.45) is 5.92 Å². The third-order valence-corrected chi connectivity index (χ3v) is 6.71. The number of hydrogen-bond donors (Lipinski definition) is 0. The zero-order chi connectivity index (χ0) is 26.9. The van der Waals surface area contributed by atoms with E-state index in [4.69, 9.17) is 35.8 Å². The summed E-state index contributed by atoms with van der Waals surface area (Å²) in [4.78, 5) is 24.2. The summed E-state index contributed by atoms with van der Waals surface area (Å²) >= 11 is 0. The number of methoxy groups -OCH3 is 2. The Kier molecular flexibility index (Phi) is 12.1. The summed E-state index contributed by atoms with van der Waals surface area (Å²) in [5.74, 6) is -2.60. The number of benzene rings is 1. The van der Waals surface area contributed by atoms with Crippen molar-refractivity contribution in [3.8, 4) is 0 Å². The lowest BCUT2D eigenvalue weighted by Crippen LogP contribution is -2.59. The van der Waals surface area contributed by atoms with E-state index in [-0.39, 0.29) is 18.1 Å². The van der Waals surface area contributed by atoms with Crippen LogP contribution < -0.4 is 0 Å². The second-order valence-corrected chi connectivity index (χ2v) is 10.5. The van der Waals surface area contributed by atoms with Crippen molar-refractivity contribution in [2.75, 3.05) is 20.9 Å². The van der Waals surface area contributed by atoms with Gasteiger partial charge in [-0.25, -0.2) is 4.79 Å². The minimum atomic E-state index is -1.31. The van der Waals surface area contributed by atoms with E-state index < -0.39 is 38.0 Å². The summed E-state index contributed by atoms with van der Waals surface area (Å²) < 4.78 is 35.1. The molecule has 1 aromatic carbocycles. The number of carbonyl (C=O) groups excluding carboxylic acids is 2. The van der Waals surface area contributed by atoms with Crippen LogP contribution in [0, 0.1) is 5.92 Å². The summed E-state index contributed by atoms with van der Waals surface area (Å²) in [6.45, 7) is 9.31. The van der Waals surface area contributed by atoms with Crippen LogP contribution in [0.1, 0.15) is 46.1 Å². The largest absolute Gasteiger partial charge is 0.466 e. The molecule has 0 saturated carbocycles. The molecular weight excluding hydrogens is 482 g/mol. The average molecular weight is 520 g/mol. The molecule has 0 aliphatic carbocycles. The van der Waals surface area contributed by atoms with Crippen molar-refractivity contribution in [1.82, 2.24) is 0 Å². The lowest BCUT2D eigenvalue weighted by atomic mass is 9.84. The normalized spacial score (nSPS) is 25.8. The molecule has 6 atom stereocenters. The molecule has 1 heterocycles.